The second kappa shape index (κ2) is 9.04. The number of aromatic nitrogens is 6. The van der Waals surface area contributed by atoms with Crippen molar-refractivity contribution in [1.82, 2.24) is 30.6 Å². The number of tetrazole rings is 1. The first kappa shape index (κ1) is 19.4. The van der Waals surface area contributed by atoms with Crippen molar-refractivity contribution < 1.29 is 0 Å². The van der Waals surface area contributed by atoms with Crippen molar-refractivity contribution in [3.05, 3.63) is 72.6 Å². The van der Waals surface area contributed by atoms with Gasteiger partial charge in [0.25, 0.3) is 0 Å². The van der Waals surface area contributed by atoms with E-state index in [-0.39, 0.29) is 0 Å². The molecule has 7 nitrogen and oxygen atoms in total. The Balaban J connectivity index is 1.41. The number of rotatable bonds is 6. The molecule has 2 aromatic heterocycles. The number of nitrogens with zero attached hydrogens (tertiary/aromatic N) is 6. The lowest BCUT2D eigenvalue weighted by Gasteiger charge is -2.34. The maximum atomic E-state index is 4.55. The second-order valence-electron chi connectivity index (χ2n) is 7.95. The zero-order valence-electron chi connectivity index (χ0n) is 17.4. The summed E-state index contributed by atoms with van der Waals surface area (Å²) in [6, 6.07) is 19.2. The lowest BCUT2D eigenvalue weighted by molar-refractivity contribution is 0.409. The van der Waals surface area contributed by atoms with Crippen LogP contribution in [0.5, 0.6) is 0 Å². The lowest BCUT2D eigenvalue weighted by atomic mass is 9.93. The van der Waals surface area contributed by atoms with Crippen LogP contribution in [-0.2, 0) is 6.54 Å². The Morgan fingerprint density at radius 2 is 1.58 bits per heavy atom. The molecule has 0 atom stereocenters. The summed E-state index contributed by atoms with van der Waals surface area (Å²) in [5, 5.41) is 14.5. The molecular formula is C24H25N7. The third-order valence-electron chi connectivity index (χ3n) is 5.96. The molecule has 0 spiro atoms. The topological polar surface area (TPSA) is 83.5 Å². The van der Waals surface area contributed by atoms with Gasteiger partial charge in [0, 0.05) is 30.5 Å². The van der Waals surface area contributed by atoms with Gasteiger partial charge in [-0.15, -0.1) is 10.2 Å². The first-order valence-electron chi connectivity index (χ1n) is 10.8. The van der Waals surface area contributed by atoms with E-state index >= 15 is 0 Å². The fraction of sp³-hybridized carbons (Fsp3) is 0.292. The molecule has 1 N–H and O–H groups in total. The van der Waals surface area contributed by atoms with Gasteiger partial charge >= 0.3 is 0 Å². The van der Waals surface area contributed by atoms with Crippen molar-refractivity contribution in [2.24, 2.45) is 0 Å². The minimum atomic E-state index is 0.495. The van der Waals surface area contributed by atoms with E-state index in [9.17, 15) is 0 Å². The van der Waals surface area contributed by atoms with E-state index in [0.717, 1.165) is 29.2 Å². The van der Waals surface area contributed by atoms with Gasteiger partial charge in [0.05, 0.1) is 0 Å². The summed E-state index contributed by atoms with van der Waals surface area (Å²) in [6.07, 6.45) is 9.95. The predicted molar refractivity (Wildman–Crippen MR) is 120 cm³/mol. The highest BCUT2D eigenvalue weighted by molar-refractivity contribution is 5.80. The quantitative estimate of drug-likeness (QED) is 0.497. The molecule has 4 aromatic rings. The molecule has 0 aliphatic heterocycles. The summed E-state index contributed by atoms with van der Waals surface area (Å²) >= 11 is 0. The third-order valence-corrected chi connectivity index (χ3v) is 5.96. The Morgan fingerprint density at radius 1 is 0.839 bits per heavy atom. The van der Waals surface area contributed by atoms with Gasteiger partial charge in [0.2, 0.25) is 11.8 Å². The van der Waals surface area contributed by atoms with E-state index < -0.39 is 0 Å². The summed E-state index contributed by atoms with van der Waals surface area (Å²) in [4.78, 5) is 11.5. The van der Waals surface area contributed by atoms with E-state index in [1.54, 1.807) is 0 Å². The number of benzene rings is 2. The minimum absolute atomic E-state index is 0.495. The highest BCUT2D eigenvalue weighted by Crippen LogP contribution is 2.31. The molecule has 0 saturated heterocycles. The van der Waals surface area contributed by atoms with Crippen LogP contribution in [0.4, 0.5) is 5.95 Å². The molecule has 1 fully saturated rings. The van der Waals surface area contributed by atoms with E-state index in [1.807, 2.05) is 36.7 Å². The molecule has 156 valence electrons. The molecule has 1 aliphatic carbocycles. The zero-order valence-corrected chi connectivity index (χ0v) is 17.4. The van der Waals surface area contributed by atoms with E-state index in [0.29, 0.717) is 11.9 Å². The third kappa shape index (κ3) is 4.30. The van der Waals surface area contributed by atoms with E-state index in [4.69, 9.17) is 0 Å². The van der Waals surface area contributed by atoms with Gasteiger partial charge in [-0.3, -0.25) is 0 Å². The van der Waals surface area contributed by atoms with Crippen molar-refractivity contribution in [2.45, 2.75) is 44.7 Å². The molecular weight excluding hydrogens is 386 g/mol. The monoisotopic (exact) mass is 411 g/mol. The van der Waals surface area contributed by atoms with Crippen molar-refractivity contribution in [2.75, 3.05) is 4.90 Å². The molecule has 5 rings (SSSR count). The number of hydrogen-bond donors (Lipinski definition) is 1. The summed E-state index contributed by atoms with van der Waals surface area (Å²) in [7, 11) is 0. The first-order valence-corrected chi connectivity index (χ1v) is 10.8. The number of anilines is 1. The molecule has 2 heterocycles. The standard InChI is InChI=1S/C24H25N7/c1-2-7-20(8-3-1)31(24-25-15-6-16-26-24)17-18-11-13-19(14-12-18)21-9-4-5-10-22(21)23-27-29-30-28-23/h4-6,9-16,20H,1-3,7-8,17H2,(H,27,28,29,30). The van der Waals surface area contributed by atoms with Crippen LogP contribution in [0.2, 0.25) is 0 Å². The summed E-state index contributed by atoms with van der Waals surface area (Å²) in [5.74, 6) is 1.42. The van der Waals surface area contributed by atoms with Gasteiger partial charge in [0.1, 0.15) is 0 Å². The molecule has 0 radical (unpaired) electrons. The van der Waals surface area contributed by atoms with Gasteiger partial charge in [0.15, 0.2) is 0 Å². The Hall–Kier alpha value is -3.61. The second-order valence-corrected chi connectivity index (χ2v) is 7.95. The molecule has 31 heavy (non-hydrogen) atoms. The number of nitrogens with one attached hydrogen (secondary N) is 1. The van der Waals surface area contributed by atoms with Gasteiger partial charge in [-0.25, -0.2) is 9.97 Å². The smallest absolute Gasteiger partial charge is 0.225 e. The average molecular weight is 412 g/mol. The van der Waals surface area contributed by atoms with E-state index in [1.165, 1.54) is 37.7 Å². The first-order chi connectivity index (χ1) is 15.4. The summed E-state index contributed by atoms with van der Waals surface area (Å²) in [6.45, 7) is 0.807. The van der Waals surface area contributed by atoms with Gasteiger partial charge in [-0.05, 0) is 40.8 Å². The Morgan fingerprint density at radius 3 is 2.29 bits per heavy atom. The largest absolute Gasteiger partial charge is 0.334 e. The van der Waals surface area contributed by atoms with Crippen molar-refractivity contribution in [3.8, 4) is 22.5 Å². The molecule has 2 aromatic carbocycles. The molecule has 7 heteroatoms. The Labute approximate surface area is 181 Å². The Bertz CT molecular complexity index is 1090. The van der Waals surface area contributed by atoms with Crippen molar-refractivity contribution in [1.29, 1.82) is 0 Å². The normalized spacial score (nSPS) is 14.5. The summed E-state index contributed by atoms with van der Waals surface area (Å²) < 4.78 is 0. The molecule has 0 unspecified atom stereocenters. The molecule has 1 aliphatic rings. The maximum absolute atomic E-state index is 4.55. The van der Waals surface area contributed by atoms with Crippen LogP contribution in [-0.4, -0.2) is 36.6 Å². The molecule has 0 bridgehead atoms. The lowest BCUT2D eigenvalue weighted by Crippen LogP contribution is -2.37. The van der Waals surface area contributed by atoms with Crippen LogP contribution in [0.15, 0.2) is 67.0 Å². The fourth-order valence-corrected chi connectivity index (χ4v) is 4.39. The van der Waals surface area contributed by atoms with Crippen LogP contribution in [0.1, 0.15) is 37.7 Å². The number of aromatic amines is 1. The zero-order chi connectivity index (χ0) is 20.9. The maximum Gasteiger partial charge on any atom is 0.225 e. The number of hydrogen-bond acceptors (Lipinski definition) is 6. The van der Waals surface area contributed by atoms with E-state index in [2.05, 4.69) is 65.8 Å². The van der Waals surface area contributed by atoms with Gasteiger partial charge < -0.3 is 4.90 Å². The predicted octanol–water partition coefficient (Wildman–Crippen LogP) is 4.66. The highest BCUT2D eigenvalue weighted by Gasteiger charge is 2.23. The van der Waals surface area contributed by atoms with Crippen molar-refractivity contribution in [3.63, 3.8) is 0 Å². The van der Waals surface area contributed by atoms with Gasteiger partial charge in [-0.1, -0.05) is 67.8 Å². The highest BCUT2D eigenvalue weighted by atomic mass is 15.5. The van der Waals surface area contributed by atoms with Crippen LogP contribution >= 0.6 is 0 Å². The minimum Gasteiger partial charge on any atom is -0.334 e. The van der Waals surface area contributed by atoms with Crippen molar-refractivity contribution >= 4 is 5.95 Å². The Kier molecular flexibility index (Phi) is 5.64. The van der Waals surface area contributed by atoms with Crippen LogP contribution in [0, 0.1) is 0 Å². The van der Waals surface area contributed by atoms with Crippen LogP contribution in [0.3, 0.4) is 0 Å². The SMILES string of the molecule is c1cnc(N(Cc2ccc(-c3ccccc3-c3nn[nH]n3)cc2)C2CCCCC2)nc1. The fourth-order valence-electron chi connectivity index (χ4n) is 4.39. The van der Waals surface area contributed by atoms with Gasteiger partial charge in [-0.2, -0.15) is 5.21 Å². The number of H-pyrrole nitrogens is 1. The average Bonchev–Trinajstić information content (AvgIpc) is 3.39. The molecule has 0 amide bonds. The summed E-state index contributed by atoms with van der Waals surface area (Å²) in [5.41, 5.74) is 4.43. The van der Waals surface area contributed by atoms with Crippen LogP contribution < -0.4 is 4.90 Å². The van der Waals surface area contributed by atoms with Crippen LogP contribution in [0.25, 0.3) is 22.5 Å². The molecule has 1 saturated carbocycles.